The number of allylic oxidation sites excluding steroid dienone is 1. The fraction of sp³-hybridized carbons (Fsp3) is 0.500. The van der Waals surface area contributed by atoms with E-state index in [-0.39, 0.29) is 18.6 Å². The van der Waals surface area contributed by atoms with Gasteiger partial charge in [-0.3, -0.25) is 4.79 Å². The first-order valence-electron chi connectivity index (χ1n) is 8.62. The van der Waals surface area contributed by atoms with Crippen molar-refractivity contribution in [2.24, 2.45) is 0 Å². The van der Waals surface area contributed by atoms with Crippen molar-refractivity contribution < 1.29 is 24.2 Å². The second-order valence-electron chi connectivity index (χ2n) is 7.23. The second-order valence-corrected chi connectivity index (χ2v) is 7.23. The highest BCUT2D eigenvalue weighted by atomic mass is 16.5. The van der Waals surface area contributed by atoms with Gasteiger partial charge in [0.1, 0.15) is 18.4 Å². The number of ether oxygens (including phenoxy) is 2. The zero-order valence-electron chi connectivity index (χ0n) is 16.2. The lowest BCUT2D eigenvalue weighted by atomic mass is 10.1. The van der Waals surface area contributed by atoms with Crippen LogP contribution in [0.15, 0.2) is 35.9 Å². The fourth-order valence-corrected chi connectivity index (χ4v) is 2.01. The van der Waals surface area contributed by atoms with Crippen LogP contribution < -0.4 is 10.1 Å². The maximum Gasteiger partial charge on any atom is 0.326 e. The molecule has 0 bridgehead atoms. The van der Waals surface area contributed by atoms with E-state index in [2.05, 4.69) is 5.32 Å². The maximum absolute atomic E-state index is 12.4. The van der Waals surface area contributed by atoms with Crippen LogP contribution in [0.4, 0.5) is 0 Å². The Labute approximate surface area is 155 Å². The molecule has 0 saturated heterocycles. The lowest BCUT2D eigenvalue weighted by Gasteiger charge is -2.21. The molecule has 26 heavy (non-hydrogen) atoms. The highest BCUT2D eigenvalue weighted by molar-refractivity contribution is 5.96. The van der Waals surface area contributed by atoms with Crippen LogP contribution in [0, 0.1) is 0 Å². The summed E-state index contributed by atoms with van der Waals surface area (Å²) in [6.45, 7) is 10.3. The first-order valence-corrected chi connectivity index (χ1v) is 8.62. The van der Waals surface area contributed by atoms with Crippen molar-refractivity contribution in [3.8, 4) is 5.75 Å². The molecule has 0 aliphatic rings. The Morgan fingerprint density at radius 2 is 1.96 bits per heavy atom. The molecule has 0 aliphatic carbocycles. The Morgan fingerprint density at radius 1 is 1.27 bits per heavy atom. The summed E-state index contributed by atoms with van der Waals surface area (Å²) in [6.07, 6.45) is 2.12. The van der Waals surface area contributed by atoms with Crippen molar-refractivity contribution in [2.45, 2.75) is 52.7 Å². The molecule has 0 fully saturated rings. The van der Waals surface area contributed by atoms with Gasteiger partial charge in [-0.1, -0.05) is 11.6 Å². The molecule has 6 heteroatoms. The molecule has 1 amide bonds. The van der Waals surface area contributed by atoms with Gasteiger partial charge in [0.25, 0.3) is 5.91 Å². The number of hydrogen-bond donors (Lipinski definition) is 2. The van der Waals surface area contributed by atoms with Crippen LogP contribution in [-0.4, -0.2) is 41.8 Å². The lowest BCUT2D eigenvalue weighted by Crippen LogP contribution is -2.42. The van der Waals surface area contributed by atoms with Crippen molar-refractivity contribution in [1.29, 1.82) is 0 Å². The van der Waals surface area contributed by atoms with Crippen molar-refractivity contribution >= 4 is 11.9 Å². The van der Waals surface area contributed by atoms with Crippen LogP contribution in [0.2, 0.25) is 0 Å². The van der Waals surface area contributed by atoms with Gasteiger partial charge in [-0.05, 0) is 58.9 Å². The summed E-state index contributed by atoms with van der Waals surface area (Å²) in [7, 11) is 0. The molecule has 0 spiro atoms. The molecule has 144 valence electrons. The van der Waals surface area contributed by atoms with Crippen LogP contribution in [0.25, 0.3) is 0 Å². The number of carboxylic acids is 1. The number of aliphatic carboxylic acids is 1. The number of carboxylic acid groups (broad SMARTS) is 1. The molecule has 1 rings (SSSR count). The van der Waals surface area contributed by atoms with Gasteiger partial charge in [-0.25, -0.2) is 4.79 Å². The third-order valence-electron chi connectivity index (χ3n) is 3.38. The summed E-state index contributed by atoms with van der Waals surface area (Å²) in [6, 6.07) is 5.65. The van der Waals surface area contributed by atoms with Crippen molar-refractivity contribution in [2.75, 3.05) is 13.2 Å². The van der Waals surface area contributed by atoms with E-state index in [0.29, 0.717) is 17.9 Å². The molecule has 2 N–H and O–H groups in total. The molecule has 1 aromatic carbocycles. The number of rotatable bonds is 9. The predicted octanol–water partition coefficient (Wildman–Crippen LogP) is 3.42. The molecule has 1 atom stereocenters. The molecule has 0 aromatic heterocycles. The Kier molecular flexibility index (Phi) is 8.32. The van der Waals surface area contributed by atoms with E-state index < -0.39 is 17.9 Å². The minimum Gasteiger partial charge on any atom is -0.490 e. The SMILES string of the molecule is CC(C)=CCOc1cccc(C(=O)NC(CCOC(C)(C)C)C(=O)O)c1. The van der Waals surface area contributed by atoms with Gasteiger partial charge in [0, 0.05) is 18.6 Å². The topological polar surface area (TPSA) is 84.9 Å². The standard InChI is InChI=1S/C20H29NO5/c1-14(2)9-11-25-16-8-6-7-15(13-16)18(22)21-17(19(23)24)10-12-26-20(3,4)5/h6-9,13,17H,10-12H2,1-5H3,(H,21,22)(H,23,24). The van der Waals surface area contributed by atoms with Crippen LogP contribution in [0.3, 0.4) is 0 Å². The minimum absolute atomic E-state index is 0.190. The molecule has 6 nitrogen and oxygen atoms in total. The summed E-state index contributed by atoms with van der Waals surface area (Å²) < 4.78 is 11.1. The average molecular weight is 363 g/mol. The second kappa shape index (κ2) is 9.97. The van der Waals surface area contributed by atoms with Gasteiger partial charge in [-0.15, -0.1) is 0 Å². The summed E-state index contributed by atoms with van der Waals surface area (Å²) in [5, 5.41) is 11.9. The number of carbonyl (C=O) groups excluding carboxylic acids is 1. The molecule has 0 aliphatic heterocycles. The first-order chi connectivity index (χ1) is 12.1. The summed E-state index contributed by atoms with van der Waals surface area (Å²) >= 11 is 0. The quantitative estimate of drug-likeness (QED) is 0.657. The third-order valence-corrected chi connectivity index (χ3v) is 3.38. The molecular weight excluding hydrogens is 334 g/mol. The Hall–Kier alpha value is -2.34. The molecule has 0 radical (unpaired) electrons. The molecule has 0 heterocycles. The van der Waals surface area contributed by atoms with Crippen molar-refractivity contribution in [1.82, 2.24) is 5.32 Å². The Morgan fingerprint density at radius 3 is 2.54 bits per heavy atom. The number of nitrogens with one attached hydrogen (secondary N) is 1. The van der Waals surface area contributed by atoms with Gasteiger partial charge < -0.3 is 19.9 Å². The highest BCUT2D eigenvalue weighted by Gasteiger charge is 2.22. The van der Waals surface area contributed by atoms with E-state index in [0.717, 1.165) is 5.57 Å². The van der Waals surface area contributed by atoms with Gasteiger partial charge in [0.2, 0.25) is 0 Å². The minimum atomic E-state index is -1.09. The monoisotopic (exact) mass is 363 g/mol. The van der Waals surface area contributed by atoms with Gasteiger partial charge >= 0.3 is 5.97 Å². The first kappa shape index (κ1) is 21.7. The van der Waals surface area contributed by atoms with E-state index in [1.165, 1.54) is 0 Å². The molecule has 1 unspecified atom stereocenters. The average Bonchev–Trinajstić information content (AvgIpc) is 2.52. The van der Waals surface area contributed by atoms with Crippen LogP contribution in [-0.2, 0) is 9.53 Å². The molecular formula is C20H29NO5. The van der Waals surface area contributed by atoms with Gasteiger partial charge in [0.15, 0.2) is 0 Å². The smallest absolute Gasteiger partial charge is 0.326 e. The number of carbonyl (C=O) groups is 2. The van der Waals surface area contributed by atoms with E-state index >= 15 is 0 Å². The normalized spacial score (nSPS) is 12.2. The van der Waals surface area contributed by atoms with E-state index in [1.54, 1.807) is 24.3 Å². The van der Waals surface area contributed by atoms with E-state index in [9.17, 15) is 14.7 Å². The van der Waals surface area contributed by atoms with Crippen molar-refractivity contribution in [3.63, 3.8) is 0 Å². The Bertz CT molecular complexity index is 642. The number of amides is 1. The summed E-state index contributed by atoms with van der Waals surface area (Å²) in [4.78, 5) is 23.8. The van der Waals surface area contributed by atoms with Crippen LogP contribution in [0.1, 0.15) is 51.4 Å². The van der Waals surface area contributed by atoms with Crippen molar-refractivity contribution in [3.05, 3.63) is 41.5 Å². The fourth-order valence-electron chi connectivity index (χ4n) is 2.01. The van der Waals surface area contributed by atoms with E-state index in [1.807, 2.05) is 40.7 Å². The van der Waals surface area contributed by atoms with Crippen LogP contribution >= 0.6 is 0 Å². The highest BCUT2D eigenvalue weighted by Crippen LogP contribution is 2.14. The van der Waals surface area contributed by atoms with E-state index in [4.69, 9.17) is 9.47 Å². The molecule has 1 aromatic rings. The van der Waals surface area contributed by atoms with Crippen LogP contribution in [0.5, 0.6) is 5.75 Å². The Balaban J connectivity index is 2.68. The summed E-state index contributed by atoms with van der Waals surface area (Å²) in [5.41, 5.74) is 1.13. The lowest BCUT2D eigenvalue weighted by molar-refractivity contribution is -0.140. The number of benzene rings is 1. The maximum atomic E-state index is 12.4. The predicted molar refractivity (Wildman–Crippen MR) is 101 cm³/mol. The zero-order chi connectivity index (χ0) is 19.7. The zero-order valence-corrected chi connectivity index (χ0v) is 16.2. The third kappa shape index (κ3) is 8.67. The van der Waals surface area contributed by atoms with Gasteiger partial charge in [-0.2, -0.15) is 0 Å². The summed E-state index contributed by atoms with van der Waals surface area (Å²) in [5.74, 6) is -0.995. The number of hydrogen-bond acceptors (Lipinski definition) is 4. The van der Waals surface area contributed by atoms with Gasteiger partial charge in [0.05, 0.1) is 5.60 Å². The molecule has 0 saturated carbocycles. The largest absolute Gasteiger partial charge is 0.490 e.